The lowest BCUT2D eigenvalue weighted by Gasteiger charge is -1.90. The van der Waals surface area contributed by atoms with E-state index >= 15 is 0 Å². The zero-order chi connectivity index (χ0) is 10.3. The van der Waals surface area contributed by atoms with Gasteiger partial charge in [-0.3, -0.25) is 0 Å². The molecule has 0 atom stereocenters. The number of rotatable bonds is 1. The van der Waals surface area contributed by atoms with Gasteiger partial charge in [-0.25, -0.2) is 4.68 Å². The van der Waals surface area contributed by atoms with E-state index in [-0.39, 0.29) is 0 Å². The Morgan fingerprint density at radius 3 is 2.57 bits per heavy atom. The van der Waals surface area contributed by atoms with E-state index < -0.39 is 0 Å². The zero-order valence-electron chi connectivity index (χ0n) is 7.98. The quantitative estimate of drug-likeness (QED) is 0.734. The predicted octanol–water partition coefficient (Wildman–Crippen LogP) is 1.02. The van der Waals surface area contributed by atoms with Gasteiger partial charge < -0.3 is 11.5 Å². The van der Waals surface area contributed by atoms with Gasteiger partial charge in [-0.15, -0.1) is 16.4 Å². The van der Waals surface area contributed by atoms with Crippen LogP contribution in [0, 0.1) is 6.92 Å². The van der Waals surface area contributed by atoms with Crippen molar-refractivity contribution in [2.45, 2.75) is 6.92 Å². The van der Waals surface area contributed by atoms with Gasteiger partial charge in [0.15, 0.2) is 5.82 Å². The number of hydrogen-bond donors (Lipinski definition) is 2. The van der Waals surface area contributed by atoms with Crippen molar-refractivity contribution in [2.75, 3.05) is 11.5 Å². The van der Waals surface area contributed by atoms with Crippen molar-refractivity contribution in [3.63, 3.8) is 0 Å². The summed E-state index contributed by atoms with van der Waals surface area (Å²) in [5.41, 5.74) is 12.3. The summed E-state index contributed by atoms with van der Waals surface area (Å²) in [6.07, 6.45) is 0. The largest absolute Gasteiger partial charge is 0.390 e. The normalized spacial score (nSPS) is 10.7. The maximum Gasteiger partial charge on any atom is 0.218 e. The lowest BCUT2D eigenvalue weighted by atomic mass is 10.3. The summed E-state index contributed by atoms with van der Waals surface area (Å²) in [5.74, 6) is 0.982. The third-order valence-electron chi connectivity index (χ3n) is 1.92. The van der Waals surface area contributed by atoms with Crippen LogP contribution < -0.4 is 11.5 Å². The molecule has 0 unspecified atom stereocenters. The van der Waals surface area contributed by atoms with Gasteiger partial charge in [0.2, 0.25) is 5.95 Å². The second kappa shape index (κ2) is 2.98. The van der Waals surface area contributed by atoms with E-state index in [1.807, 2.05) is 13.0 Å². The third-order valence-corrected chi connectivity index (χ3v) is 2.80. The molecular weight excluding hydrogens is 198 g/mol. The smallest absolute Gasteiger partial charge is 0.218 e. The lowest BCUT2D eigenvalue weighted by Crippen LogP contribution is -1.97. The number of anilines is 2. The minimum absolute atomic E-state index is 0.392. The molecule has 4 N–H and O–H groups in total. The number of hydrogen-bond acceptors (Lipinski definition) is 5. The molecule has 0 spiro atoms. The van der Waals surface area contributed by atoms with Crippen molar-refractivity contribution >= 4 is 22.3 Å². The minimum Gasteiger partial charge on any atom is -0.390 e. The second-order valence-corrected chi connectivity index (χ2v) is 4.34. The summed E-state index contributed by atoms with van der Waals surface area (Å²) >= 11 is 1.53. The lowest BCUT2D eigenvalue weighted by molar-refractivity contribution is 0.781. The molecule has 74 valence electrons. The summed E-state index contributed by atoms with van der Waals surface area (Å²) in [6, 6.07) is 1.97. The van der Waals surface area contributed by atoms with Gasteiger partial charge in [0.25, 0.3) is 0 Å². The second-order valence-electron chi connectivity index (χ2n) is 3.05. The Labute approximate surface area is 85.4 Å². The van der Waals surface area contributed by atoms with Gasteiger partial charge in [-0.1, -0.05) is 0 Å². The van der Waals surface area contributed by atoms with E-state index in [0.717, 1.165) is 15.4 Å². The molecule has 0 radical (unpaired) electrons. The van der Waals surface area contributed by atoms with Crippen LogP contribution in [-0.4, -0.2) is 14.8 Å². The highest BCUT2D eigenvalue weighted by Crippen LogP contribution is 2.31. The molecule has 2 heterocycles. The first kappa shape index (κ1) is 9.01. The summed E-state index contributed by atoms with van der Waals surface area (Å²) in [5, 5.41) is 4.89. The molecule has 0 saturated carbocycles. The molecular formula is C8H11N5S. The van der Waals surface area contributed by atoms with E-state index in [9.17, 15) is 0 Å². The van der Waals surface area contributed by atoms with Crippen LogP contribution in [0.5, 0.6) is 0 Å². The van der Waals surface area contributed by atoms with E-state index in [4.69, 9.17) is 11.5 Å². The van der Waals surface area contributed by atoms with Crippen LogP contribution in [0.4, 0.5) is 10.9 Å². The van der Waals surface area contributed by atoms with Gasteiger partial charge >= 0.3 is 0 Å². The van der Waals surface area contributed by atoms with Crippen molar-refractivity contribution in [3.05, 3.63) is 10.9 Å². The number of aryl methyl sites for hydroxylation is 2. The fraction of sp³-hybridized carbons (Fsp3) is 0.250. The number of aromatic nitrogens is 3. The van der Waals surface area contributed by atoms with E-state index in [1.165, 1.54) is 16.0 Å². The summed E-state index contributed by atoms with van der Waals surface area (Å²) in [6.45, 7) is 2.00. The Hall–Kier alpha value is -1.56. The van der Waals surface area contributed by atoms with Crippen molar-refractivity contribution in [1.82, 2.24) is 14.8 Å². The summed E-state index contributed by atoms with van der Waals surface area (Å²) < 4.78 is 1.53. The highest BCUT2D eigenvalue weighted by molar-refractivity contribution is 7.16. The molecule has 0 aromatic carbocycles. The maximum absolute atomic E-state index is 5.82. The minimum atomic E-state index is 0.392. The van der Waals surface area contributed by atoms with Crippen LogP contribution >= 0.6 is 11.3 Å². The van der Waals surface area contributed by atoms with Crippen molar-refractivity contribution in [1.29, 1.82) is 0 Å². The average molecular weight is 209 g/mol. The van der Waals surface area contributed by atoms with Gasteiger partial charge in [0.1, 0.15) is 0 Å². The van der Waals surface area contributed by atoms with Gasteiger partial charge in [-0.05, 0) is 13.0 Å². The fourth-order valence-electron chi connectivity index (χ4n) is 1.22. The molecule has 2 rings (SSSR count). The molecule has 0 aliphatic rings. The number of nitrogens with zero attached hydrogens (tertiary/aromatic N) is 3. The third kappa shape index (κ3) is 1.33. The first-order valence-electron chi connectivity index (χ1n) is 4.10. The predicted molar refractivity (Wildman–Crippen MR) is 57.9 cm³/mol. The molecule has 0 fully saturated rings. The van der Waals surface area contributed by atoms with Gasteiger partial charge in [0.05, 0.1) is 10.6 Å². The molecule has 14 heavy (non-hydrogen) atoms. The summed E-state index contributed by atoms with van der Waals surface area (Å²) in [4.78, 5) is 5.25. The first-order chi connectivity index (χ1) is 6.58. The first-order valence-corrected chi connectivity index (χ1v) is 4.92. The Morgan fingerprint density at radius 2 is 2.14 bits per heavy atom. The SMILES string of the molecule is Cc1cc(-c2nc(N)n(C)n2)c(N)s1. The maximum atomic E-state index is 5.82. The Bertz CT molecular complexity index is 451. The topological polar surface area (TPSA) is 82.8 Å². The molecule has 2 aromatic heterocycles. The van der Waals surface area contributed by atoms with Crippen molar-refractivity contribution < 1.29 is 0 Å². The van der Waals surface area contributed by atoms with E-state index in [1.54, 1.807) is 7.05 Å². The number of thiophene rings is 1. The molecule has 0 amide bonds. The molecule has 0 aliphatic carbocycles. The van der Waals surface area contributed by atoms with Crippen molar-refractivity contribution in [3.8, 4) is 11.4 Å². The molecule has 2 aromatic rings. The highest BCUT2D eigenvalue weighted by atomic mass is 32.1. The van der Waals surface area contributed by atoms with Crippen LogP contribution in [0.1, 0.15) is 4.88 Å². The van der Waals surface area contributed by atoms with E-state index in [0.29, 0.717) is 11.8 Å². The van der Waals surface area contributed by atoms with E-state index in [2.05, 4.69) is 10.1 Å². The molecule has 6 heteroatoms. The molecule has 0 saturated heterocycles. The number of nitrogens with two attached hydrogens (primary N) is 2. The Morgan fingerprint density at radius 1 is 1.43 bits per heavy atom. The Kier molecular flexibility index (Phi) is 1.92. The fourth-order valence-corrected chi connectivity index (χ4v) is 2.00. The van der Waals surface area contributed by atoms with Gasteiger partial charge in [-0.2, -0.15) is 4.98 Å². The Balaban J connectivity index is 2.54. The highest BCUT2D eigenvalue weighted by Gasteiger charge is 2.12. The monoisotopic (exact) mass is 209 g/mol. The van der Waals surface area contributed by atoms with Crippen LogP contribution in [0.15, 0.2) is 6.07 Å². The number of nitrogen functional groups attached to an aromatic ring is 2. The van der Waals surface area contributed by atoms with Crippen molar-refractivity contribution in [2.24, 2.45) is 7.05 Å². The molecule has 0 aliphatic heterocycles. The zero-order valence-corrected chi connectivity index (χ0v) is 8.80. The molecule has 0 bridgehead atoms. The van der Waals surface area contributed by atoms with Crippen LogP contribution in [0.3, 0.4) is 0 Å². The van der Waals surface area contributed by atoms with Crippen LogP contribution in [-0.2, 0) is 7.05 Å². The van der Waals surface area contributed by atoms with Crippen LogP contribution in [0.25, 0.3) is 11.4 Å². The standard InChI is InChI=1S/C8H11N5S/c1-4-3-5(6(9)14-4)7-11-8(10)13(2)12-7/h3H,9H2,1-2H3,(H2,10,11,12). The van der Waals surface area contributed by atoms with Crippen LogP contribution in [0.2, 0.25) is 0 Å². The van der Waals surface area contributed by atoms with Gasteiger partial charge in [0, 0.05) is 11.9 Å². The summed E-state index contributed by atoms with van der Waals surface area (Å²) in [7, 11) is 1.75. The molecule has 5 nitrogen and oxygen atoms in total. The average Bonchev–Trinajstić information content (AvgIpc) is 2.57.